The number of pyridine rings is 1. The van der Waals surface area contributed by atoms with Gasteiger partial charge >= 0.3 is 0 Å². The van der Waals surface area contributed by atoms with Gasteiger partial charge in [-0.2, -0.15) is 0 Å². The van der Waals surface area contributed by atoms with Gasteiger partial charge in [-0.15, -0.1) is 0 Å². The normalized spacial score (nSPS) is 14.7. The van der Waals surface area contributed by atoms with Gasteiger partial charge in [0.2, 0.25) is 0 Å². The summed E-state index contributed by atoms with van der Waals surface area (Å²) in [5, 5.41) is 0. The van der Waals surface area contributed by atoms with E-state index in [0.29, 0.717) is 37.3 Å². The van der Waals surface area contributed by atoms with Crippen LogP contribution < -0.4 is 4.90 Å². The second kappa shape index (κ2) is 7.99. The Balaban J connectivity index is 1.64. The van der Waals surface area contributed by atoms with Gasteiger partial charge in [-0.1, -0.05) is 0 Å². The highest BCUT2D eigenvalue weighted by atomic mass is 16.2. The van der Waals surface area contributed by atoms with Crippen LogP contribution in [0.15, 0.2) is 48.8 Å². The molecule has 0 bridgehead atoms. The van der Waals surface area contributed by atoms with Gasteiger partial charge in [0.1, 0.15) is 0 Å². The van der Waals surface area contributed by atoms with E-state index < -0.39 is 0 Å². The lowest BCUT2D eigenvalue weighted by Gasteiger charge is -2.22. The Kier molecular flexibility index (Phi) is 5.51. The monoisotopic (exact) mass is 352 g/mol. The van der Waals surface area contributed by atoms with Crippen molar-refractivity contribution < 1.29 is 9.59 Å². The third-order valence-electron chi connectivity index (χ3n) is 4.61. The van der Waals surface area contributed by atoms with E-state index in [1.165, 1.54) is 0 Å². The molecular formula is C20H24N4O2. The molecule has 2 heterocycles. The van der Waals surface area contributed by atoms with E-state index in [0.717, 1.165) is 12.1 Å². The van der Waals surface area contributed by atoms with Crippen molar-refractivity contribution in [3.8, 4) is 0 Å². The van der Waals surface area contributed by atoms with Crippen molar-refractivity contribution in [2.75, 3.05) is 45.2 Å². The maximum absolute atomic E-state index is 12.8. The Morgan fingerprint density at radius 1 is 0.885 bits per heavy atom. The van der Waals surface area contributed by atoms with E-state index in [1.54, 1.807) is 29.4 Å². The number of hydrogen-bond donors (Lipinski definition) is 0. The Bertz CT molecular complexity index is 759. The zero-order chi connectivity index (χ0) is 18.5. The lowest BCUT2D eigenvalue weighted by Crippen LogP contribution is -2.37. The van der Waals surface area contributed by atoms with Crippen LogP contribution in [0.4, 0.5) is 5.69 Å². The van der Waals surface area contributed by atoms with Gasteiger partial charge in [0.05, 0.1) is 5.56 Å². The highest BCUT2D eigenvalue weighted by Crippen LogP contribution is 2.15. The van der Waals surface area contributed by atoms with E-state index in [9.17, 15) is 9.59 Å². The number of nitrogens with zero attached hydrogens (tertiary/aromatic N) is 4. The molecule has 0 aliphatic carbocycles. The Morgan fingerprint density at radius 2 is 1.50 bits per heavy atom. The summed E-state index contributed by atoms with van der Waals surface area (Å²) in [5.74, 6) is -0.00582. The molecule has 1 aromatic carbocycles. The van der Waals surface area contributed by atoms with Crippen LogP contribution in [0.2, 0.25) is 0 Å². The van der Waals surface area contributed by atoms with E-state index in [-0.39, 0.29) is 11.8 Å². The molecule has 0 N–H and O–H groups in total. The topological polar surface area (TPSA) is 56.8 Å². The van der Waals surface area contributed by atoms with Crippen molar-refractivity contribution in [2.45, 2.75) is 6.42 Å². The molecule has 0 spiro atoms. The molecule has 0 atom stereocenters. The predicted molar refractivity (Wildman–Crippen MR) is 101 cm³/mol. The first-order valence-corrected chi connectivity index (χ1v) is 8.82. The van der Waals surface area contributed by atoms with Crippen LogP contribution in [0, 0.1) is 0 Å². The van der Waals surface area contributed by atoms with Crippen LogP contribution in [0.3, 0.4) is 0 Å². The average molecular weight is 352 g/mol. The molecule has 2 aromatic rings. The number of carbonyl (C=O) groups excluding carboxylic acids is 2. The molecule has 136 valence electrons. The molecule has 1 fully saturated rings. The Morgan fingerprint density at radius 3 is 2.04 bits per heavy atom. The van der Waals surface area contributed by atoms with Gasteiger partial charge in [0.25, 0.3) is 11.8 Å². The highest BCUT2D eigenvalue weighted by Gasteiger charge is 2.23. The molecule has 6 heteroatoms. The van der Waals surface area contributed by atoms with Crippen LogP contribution in [0.1, 0.15) is 27.1 Å². The second-order valence-electron chi connectivity index (χ2n) is 6.62. The maximum Gasteiger partial charge on any atom is 0.255 e. The van der Waals surface area contributed by atoms with Crippen molar-refractivity contribution in [1.82, 2.24) is 14.8 Å². The Labute approximate surface area is 154 Å². The summed E-state index contributed by atoms with van der Waals surface area (Å²) in [6.07, 6.45) is 4.01. The molecule has 3 rings (SSSR count). The number of benzene rings is 1. The summed E-state index contributed by atoms with van der Waals surface area (Å²) in [6.45, 7) is 2.39. The van der Waals surface area contributed by atoms with Gasteiger partial charge in [-0.3, -0.25) is 14.6 Å². The van der Waals surface area contributed by atoms with Gasteiger partial charge in [0.15, 0.2) is 0 Å². The molecule has 0 unspecified atom stereocenters. The number of rotatable bonds is 3. The first-order valence-electron chi connectivity index (χ1n) is 8.82. The molecule has 1 aromatic heterocycles. The van der Waals surface area contributed by atoms with Crippen LogP contribution in [-0.2, 0) is 0 Å². The third-order valence-corrected chi connectivity index (χ3v) is 4.61. The summed E-state index contributed by atoms with van der Waals surface area (Å²) in [5.41, 5.74) is 2.33. The summed E-state index contributed by atoms with van der Waals surface area (Å²) < 4.78 is 0. The van der Waals surface area contributed by atoms with Crippen LogP contribution in [0.5, 0.6) is 0 Å². The fraction of sp³-hybridized carbons (Fsp3) is 0.350. The van der Waals surface area contributed by atoms with Crippen molar-refractivity contribution >= 4 is 17.5 Å². The van der Waals surface area contributed by atoms with E-state index in [2.05, 4.69) is 4.98 Å². The maximum atomic E-state index is 12.8. The van der Waals surface area contributed by atoms with Crippen molar-refractivity contribution in [2.24, 2.45) is 0 Å². The minimum absolute atomic E-state index is 0.0194. The average Bonchev–Trinajstić information content (AvgIpc) is 2.94. The van der Waals surface area contributed by atoms with E-state index in [4.69, 9.17) is 0 Å². The zero-order valence-corrected chi connectivity index (χ0v) is 15.3. The first-order chi connectivity index (χ1) is 12.6. The number of anilines is 1. The quantitative estimate of drug-likeness (QED) is 0.849. The van der Waals surface area contributed by atoms with Gasteiger partial charge in [0, 0.05) is 63.9 Å². The third kappa shape index (κ3) is 4.02. The molecule has 0 radical (unpaired) electrons. The fourth-order valence-corrected chi connectivity index (χ4v) is 3.08. The lowest BCUT2D eigenvalue weighted by atomic mass is 10.1. The Hall–Kier alpha value is -2.89. The SMILES string of the molecule is CN(C)c1ccc(C(=O)N2CCCN(C(=O)c3cccnc3)CC2)cc1. The smallest absolute Gasteiger partial charge is 0.255 e. The van der Waals surface area contributed by atoms with Gasteiger partial charge in [-0.25, -0.2) is 0 Å². The molecule has 2 amide bonds. The molecule has 1 aliphatic rings. The molecule has 1 saturated heterocycles. The molecule has 26 heavy (non-hydrogen) atoms. The zero-order valence-electron chi connectivity index (χ0n) is 15.3. The molecule has 1 aliphatic heterocycles. The molecule has 0 saturated carbocycles. The van der Waals surface area contributed by atoms with Crippen molar-refractivity contribution in [3.05, 3.63) is 59.9 Å². The van der Waals surface area contributed by atoms with Crippen LogP contribution in [0.25, 0.3) is 0 Å². The molecular weight excluding hydrogens is 328 g/mol. The summed E-state index contributed by atoms with van der Waals surface area (Å²) in [4.78, 5) is 35.0. The predicted octanol–water partition coefficient (Wildman–Crippen LogP) is 2.14. The largest absolute Gasteiger partial charge is 0.378 e. The number of amides is 2. The summed E-state index contributed by atoms with van der Waals surface area (Å²) >= 11 is 0. The number of aromatic nitrogens is 1. The lowest BCUT2D eigenvalue weighted by molar-refractivity contribution is 0.0718. The van der Waals surface area contributed by atoms with Crippen molar-refractivity contribution in [3.63, 3.8) is 0 Å². The number of hydrogen-bond acceptors (Lipinski definition) is 4. The van der Waals surface area contributed by atoms with Crippen LogP contribution >= 0.6 is 0 Å². The first kappa shape index (κ1) is 17.9. The minimum atomic E-state index is -0.0252. The summed E-state index contributed by atoms with van der Waals surface area (Å²) in [6, 6.07) is 11.2. The van der Waals surface area contributed by atoms with E-state index in [1.807, 2.05) is 48.2 Å². The summed E-state index contributed by atoms with van der Waals surface area (Å²) in [7, 11) is 3.94. The van der Waals surface area contributed by atoms with Gasteiger partial charge < -0.3 is 14.7 Å². The van der Waals surface area contributed by atoms with Crippen LogP contribution in [-0.4, -0.2) is 66.9 Å². The standard InChI is InChI=1S/C20H24N4O2/c1-22(2)18-8-6-16(7-9-18)19(25)23-11-4-12-24(14-13-23)20(26)17-5-3-10-21-15-17/h3,5-10,15H,4,11-14H2,1-2H3. The number of carbonyl (C=O) groups is 2. The fourth-order valence-electron chi connectivity index (χ4n) is 3.08. The molecule has 6 nitrogen and oxygen atoms in total. The van der Waals surface area contributed by atoms with Crippen molar-refractivity contribution in [1.29, 1.82) is 0 Å². The highest BCUT2D eigenvalue weighted by molar-refractivity contribution is 5.95. The minimum Gasteiger partial charge on any atom is -0.378 e. The second-order valence-corrected chi connectivity index (χ2v) is 6.62. The van der Waals surface area contributed by atoms with Gasteiger partial charge in [-0.05, 0) is 42.8 Å². The van der Waals surface area contributed by atoms with E-state index >= 15 is 0 Å².